The van der Waals surface area contributed by atoms with E-state index in [1.165, 1.54) is 19.3 Å². The summed E-state index contributed by atoms with van der Waals surface area (Å²) in [5.74, 6) is 1.85. The fourth-order valence-corrected chi connectivity index (χ4v) is 3.44. The molecule has 2 nitrogen and oxygen atoms in total. The number of hydrogen-bond donors (Lipinski definition) is 0. The van der Waals surface area contributed by atoms with Crippen LogP contribution in [0.1, 0.15) is 66.7 Å². The number of rotatable bonds is 10. The van der Waals surface area contributed by atoms with Crippen LogP contribution in [0.25, 0.3) is 0 Å². The molecular weight excluding hydrogens is 254 g/mol. The summed E-state index contributed by atoms with van der Waals surface area (Å²) in [6.07, 6.45) is 5.48. The molecular formula is C16H33NOS. The van der Waals surface area contributed by atoms with Gasteiger partial charge in [-0.3, -0.25) is 4.79 Å². The van der Waals surface area contributed by atoms with Gasteiger partial charge in [-0.1, -0.05) is 47.5 Å². The minimum atomic E-state index is 0.295. The monoisotopic (exact) mass is 287 g/mol. The van der Waals surface area contributed by atoms with Crippen molar-refractivity contribution in [2.45, 2.75) is 71.5 Å². The Morgan fingerprint density at radius 2 is 1.95 bits per heavy atom. The molecule has 1 amide bonds. The van der Waals surface area contributed by atoms with Gasteiger partial charge in [0.2, 0.25) is 5.91 Å². The molecule has 114 valence electrons. The third-order valence-electron chi connectivity index (χ3n) is 4.05. The van der Waals surface area contributed by atoms with Crippen molar-refractivity contribution in [3.05, 3.63) is 0 Å². The lowest BCUT2D eigenvalue weighted by Gasteiger charge is -2.28. The molecule has 0 fully saturated rings. The van der Waals surface area contributed by atoms with E-state index in [1.807, 2.05) is 23.7 Å². The van der Waals surface area contributed by atoms with Crippen LogP contribution in [0.4, 0.5) is 0 Å². The molecule has 19 heavy (non-hydrogen) atoms. The minimum absolute atomic E-state index is 0.295. The van der Waals surface area contributed by atoms with Gasteiger partial charge in [0.25, 0.3) is 0 Å². The Kier molecular flexibility index (Phi) is 9.59. The SMILES string of the molecule is CCCC(C)(CC)SCCN(C)C(=O)CC(C)CC. The number of hydrogen-bond acceptors (Lipinski definition) is 2. The molecule has 0 heterocycles. The van der Waals surface area contributed by atoms with Gasteiger partial charge >= 0.3 is 0 Å². The van der Waals surface area contributed by atoms with E-state index >= 15 is 0 Å². The van der Waals surface area contributed by atoms with Crippen LogP contribution in [0.3, 0.4) is 0 Å². The van der Waals surface area contributed by atoms with E-state index in [4.69, 9.17) is 0 Å². The van der Waals surface area contributed by atoms with Crippen LogP contribution in [-0.2, 0) is 4.79 Å². The van der Waals surface area contributed by atoms with Crippen LogP contribution in [-0.4, -0.2) is 34.9 Å². The normalized spacial score (nSPS) is 15.9. The van der Waals surface area contributed by atoms with E-state index in [2.05, 4.69) is 34.6 Å². The molecule has 2 atom stereocenters. The van der Waals surface area contributed by atoms with Crippen molar-refractivity contribution in [2.75, 3.05) is 19.3 Å². The van der Waals surface area contributed by atoms with Crippen LogP contribution in [0.5, 0.6) is 0 Å². The molecule has 0 aliphatic carbocycles. The first kappa shape index (κ1) is 18.8. The summed E-state index contributed by atoms with van der Waals surface area (Å²) in [6, 6.07) is 0. The van der Waals surface area contributed by atoms with E-state index in [1.54, 1.807) is 0 Å². The average Bonchev–Trinajstić information content (AvgIpc) is 2.38. The number of amides is 1. The largest absolute Gasteiger partial charge is 0.345 e. The zero-order chi connectivity index (χ0) is 14.9. The Labute approximate surface area is 124 Å². The molecule has 0 bridgehead atoms. The summed E-state index contributed by atoms with van der Waals surface area (Å²) in [4.78, 5) is 13.9. The minimum Gasteiger partial charge on any atom is -0.345 e. The number of carbonyl (C=O) groups is 1. The van der Waals surface area contributed by atoms with Gasteiger partial charge in [0, 0.05) is 30.5 Å². The standard InChI is InChI=1S/C16H33NOS/c1-7-10-16(5,9-3)19-12-11-17(6)15(18)13-14(4)8-2/h14H,7-13H2,1-6H3. The van der Waals surface area contributed by atoms with E-state index in [0.29, 0.717) is 23.0 Å². The molecule has 0 radical (unpaired) electrons. The van der Waals surface area contributed by atoms with E-state index in [0.717, 1.165) is 18.7 Å². The fraction of sp³-hybridized carbons (Fsp3) is 0.938. The van der Waals surface area contributed by atoms with E-state index < -0.39 is 0 Å². The van der Waals surface area contributed by atoms with Crippen molar-refractivity contribution in [2.24, 2.45) is 5.92 Å². The molecule has 0 aromatic heterocycles. The van der Waals surface area contributed by atoms with Crippen LogP contribution >= 0.6 is 11.8 Å². The van der Waals surface area contributed by atoms with Crippen LogP contribution < -0.4 is 0 Å². The highest BCUT2D eigenvalue weighted by molar-refractivity contribution is 8.00. The van der Waals surface area contributed by atoms with Crippen molar-refractivity contribution in [1.29, 1.82) is 0 Å². The third kappa shape index (κ3) is 7.86. The molecule has 0 saturated carbocycles. The quantitative estimate of drug-likeness (QED) is 0.586. The predicted molar refractivity (Wildman–Crippen MR) is 87.8 cm³/mol. The van der Waals surface area contributed by atoms with Gasteiger partial charge in [0.1, 0.15) is 0 Å². The highest BCUT2D eigenvalue weighted by Crippen LogP contribution is 2.33. The van der Waals surface area contributed by atoms with Crippen LogP contribution in [0.15, 0.2) is 0 Å². The fourth-order valence-electron chi connectivity index (χ4n) is 2.03. The van der Waals surface area contributed by atoms with Crippen molar-refractivity contribution >= 4 is 17.7 Å². The summed E-state index contributed by atoms with van der Waals surface area (Å²) in [5.41, 5.74) is 0. The van der Waals surface area contributed by atoms with Gasteiger partial charge in [-0.05, 0) is 18.8 Å². The first-order valence-corrected chi connectivity index (χ1v) is 8.75. The maximum absolute atomic E-state index is 12.0. The third-order valence-corrected chi connectivity index (χ3v) is 5.63. The second-order valence-electron chi connectivity index (χ2n) is 5.93. The number of nitrogens with zero attached hydrogens (tertiary/aromatic N) is 1. The summed E-state index contributed by atoms with van der Waals surface area (Å²) in [7, 11) is 1.94. The van der Waals surface area contributed by atoms with Gasteiger partial charge in [-0.2, -0.15) is 11.8 Å². The van der Waals surface area contributed by atoms with Gasteiger partial charge in [-0.15, -0.1) is 0 Å². The maximum Gasteiger partial charge on any atom is 0.222 e. The summed E-state index contributed by atoms with van der Waals surface area (Å²) in [5, 5.41) is 0. The predicted octanol–water partition coefficient (Wildman–Crippen LogP) is 4.58. The lowest BCUT2D eigenvalue weighted by atomic mass is 10.0. The second kappa shape index (κ2) is 9.68. The summed E-state index contributed by atoms with van der Waals surface area (Å²) < 4.78 is 0.384. The molecule has 0 aliphatic heterocycles. The Morgan fingerprint density at radius 3 is 2.42 bits per heavy atom. The van der Waals surface area contributed by atoms with Crippen molar-refractivity contribution in [1.82, 2.24) is 4.90 Å². The molecule has 0 aromatic carbocycles. The average molecular weight is 288 g/mol. The Morgan fingerprint density at radius 1 is 1.32 bits per heavy atom. The molecule has 0 spiro atoms. The lowest BCUT2D eigenvalue weighted by molar-refractivity contribution is -0.130. The summed E-state index contributed by atoms with van der Waals surface area (Å²) in [6.45, 7) is 12.0. The zero-order valence-corrected chi connectivity index (χ0v) is 14.6. The smallest absolute Gasteiger partial charge is 0.222 e. The number of carbonyl (C=O) groups excluding carboxylic acids is 1. The van der Waals surface area contributed by atoms with Gasteiger partial charge in [0.15, 0.2) is 0 Å². The first-order chi connectivity index (χ1) is 8.88. The molecule has 0 N–H and O–H groups in total. The zero-order valence-electron chi connectivity index (χ0n) is 13.8. The molecule has 3 heteroatoms. The van der Waals surface area contributed by atoms with Crippen LogP contribution in [0, 0.1) is 5.92 Å². The van der Waals surface area contributed by atoms with Crippen molar-refractivity contribution in [3.63, 3.8) is 0 Å². The van der Waals surface area contributed by atoms with Crippen molar-refractivity contribution in [3.8, 4) is 0 Å². The van der Waals surface area contributed by atoms with Gasteiger partial charge in [0.05, 0.1) is 0 Å². The van der Waals surface area contributed by atoms with Crippen LogP contribution in [0.2, 0.25) is 0 Å². The van der Waals surface area contributed by atoms with Gasteiger partial charge < -0.3 is 4.90 Å². The second-order valence-corrected chi connectivity index (χ2v) is 7.62. The molecule has 0 aromatic rings. The summed E-state index contributed by atoms with van der Waals surface area (Å²) >= 11 is 2.02. The van der Waals surface area contributed by atoms with Gasteiger partial charge in [-0.25, -0.2) is 0 Å². The Balaban J connectivity index is 4.02. The maximum atomic E-state index is 12.0. The first-order valence-electron chi connectivity index (χ1n) is 7.76. The Hall–Kier alpha value is -0.180. The van der Waals surface area contributed by atoms with E-state index in [9.17, 15) is 4.79 Å². The number of thioether (sulfide) groups is 1. The van der Waals surface area contributed by atoms with Crippen molar-refractivity contribution < 1.29 is 4.79 Å². The highest BCUT2D eigenvalue weighted by Gasteiger charge is 2.21. The Bertz CT molecular complexity index is 257. The molecule has 0 aliphatic rings. The van der Waals surface area contributed by atoms with E-state index in [-0.39, 0.29) is 0 Å². The highest BCUT2D eigenvalue weighted by atomic mass is 32.2. The topological polar surface area (TPSA) is 20.3 Å². The molecule has 0 saturated heterocycles. The lowest BCUT2D eigenvalue weighted by Crippen LogP contribution is -2.31. The molecule has 2 unspecified atom stereocenters. The molecule has 0 rings (SSSR count).